The molecule has 0 fully saturated rings. The molecule has 6 nitrogen and oxygen atoms in total. The van der Waals surface area contributed by atoms with Crippen molar-refractivity contribution in [1.82, 2.24) is 4.98 Å². The van der Waals surface area contributed by atoms with Gasteiger partial charge >= 0.3 is 0 Å². The third-order valence-corrected chi connectivity index (χ3v) is 5.00. The molecule has 0 bridgehead atoms. The van der Waals surface area contributed by atoms with Crippen LogP contribution in [-0.4, -0.2) is 29.9 Å². The Hall–Kier alpha value is -3.26. The Morgan fingerprint density at radius 3 is 2.96 bits per heavy atom. The summed E-state index contributed by atoms with van der Waals surface area (Å²) in [6.07, 6.45) is 0.120. The number of nitrogens with zero attached hydrogens (tertiary/aromatic N) is 2. The van der Waals surface area contributed by atoms with Gasteiger partial charge in [-0.2, -0.15) is 0 Å². The van der Waals surface area contributed by atoms with Gasteiger partial charge < -0.3 is 15.0 Å². The predicted octanol–water partition coefficient (Wildman–Crippen LogP) is 3.70. The fourth-order valence-corrected chi connectivity index (χ4v) is 3.64. The van der Waals surface area contributed by atoms with Crippen LogP contribution in [0.4, 0.5) is 15.2 Å². The number of para-hydroxylation sites is 2. The van der Waals surface area contributed by atoms with Crippen LogP contribution in [0.15, 0.2) is 53.9 Å². The first-order chi connectivity index (χ1) is 13.6. The van der Waals surface area contributed by atoms with Crippen molar-refractivity contribution in [2.45, 2.75) is 6.42 Å². The summed E-state index contributed by atoms with van der Waals surface area (Å²) < 4.78 is 18.7. The Kier molecular flexibility index (Phi) is 5.03. The maximum Gasteiger partial charge on any atom is 0.265 e. The minimum atomic E-state index is -0.341. The smallest absolute Gasteiger partial charge is 0.265 e. The van der Waals surface area contributed by atoms with Crippen molar-refractivity contribution in [1.29, 1.82) is 0 Å². The van der Waals surface area contributed by atoms with Gasteiger partial charge in [0, 0.05) is 23.9 Å². The van der Waals surface area contributed by atoms with E-state index in [2.05, 4.69) is 10.3 Å². The summed E-state index contributed by atoms with van der Waals surface area (Å²) in [4.78, 5) is 30.3. The molecular weight excluding hydrogens is 381 g/mol. The van der Waals surface area contributed by atoms with Crippen LogP contribution in [0.25, 0.3) is 11.3 Å². The van der Waals surface area contributed by atoms with Crippen LogP contribution in [-0.2, 0) is 9.59 Å². The Labute approximate surface area is 164 Å². The quantitative estimate of drug-likeness (QED) is 0.713. The standard InChI is InChI=1S/C20H16FN3O3S/c21-14-5-3-4-13(10-14)15-12-28-20(22-15)23-18(25)8-9-24-16-6-1-2-7-17(16)27-11-19(24)26/h1-7,10,12H,8-9,11H2,(H,22,23,25). The van der Waals surface area contributed by atoms with Crippen molar-refractivity contribution in [3.63, 3.8) is 0 Å². The molecule has 2 heterocycles. The number of ether oxygens (including phenoxy) is 1. The number of aromatic nitrogens is 1. The third-order valence-electron chi connectivity index (χ3n) is 4.24. The van der Waals surface area contributed by atoms with E-state index >= 15 is 0 Å². The topological polar surface area (TPSA) is 71.5 Å². The SMILES string of the molecule is O=C(CCN1C(=O)COc2ccccc21)Nc1nc(-c2cccc(F)c2)cs1. The number of hydrogen-bond acceptors (Lipinski definition) is 5. The van der Waals surface area contributed by atoms with E-state index in [0.717, 1.165) is 0 Å². The number of carbonyl (C=O) groups is 2. The molecule has 2 aromatic carbocycles. The van der Waals surface area contributed by atoms with Crippen LogP contribution in [0, 0.1) is 5.82 Å². The van der Waals surface area contributed by atoms with Crippen LogP contribution in [0.5, 0.6) is 5.75 Å². The molecule has 0 saturated heterocycles. The maximum atomic E-state index is 13.3. The second-order valence-electron chi connectivity index (χ2n) is 6.15. The molecule has 0 spiro atoms. The van der Waals surface area contributed by atoms with E-state index in [1.54, 1.807) is 34.5 Å². The van der Waals surface area contributed by atoms with Crippen molar-refractivity contribution in [3.05, 3.63) is 59.7 Å². The van der Waals surface area contributed by atoms with Crippen LogP contribution < -0.4 is 15.0 Å². The normalized spacial score (nSPS) is 13.0. The molecule has 0 saturated carbocycles. The average Bonchev–Trinajstić information content (AvgIpc) is 3.15. The molecule has 0 radical (unpaired) electrons. The molecule has 1 aliphatic heterocycles. The van der Waals surface area contributed by atoms with E-state index in [1.165, 1.54) is 23.5 Å². The van der Waals surface area contributed by atoms with Gasteiger partial charge in [-0.3, -0.25) is 9.59 Å². The molecule has 0 atom stereocenters. The van der Waals surface area contributed by atoms with Crippen LogP contribution in [0.1, 0.15) is 6.42 Å². The van der Waals surface area contributed by atoms with Gasteiger partial charge in [0.15, 0.2) is 11.7 Å². The van der Waals surface area contributed by atoms with E-state index in [1.807, 2.05) is 12.1 Å². The molecular formula is C20H16FN3O3S. The molecule has 142 valence electrons. The lowest BCUT2D eigenvalue weighted by Crippen LogP contribution is -2.40. The predicted molar refractivity (Wildman–Crippen MR) is 105 cm³/mol. The first-order valence-electron chi connectivity index (χ1n) is 8.64. The monoisotopic (exact) mass is 397 g/mol. The van der Waals surface area contributed by atoms with Crippen molar-refractivity contribution in [3.8, 4) is 17.0 Å². The number of benzene rings is 2. The van der Waals surface area contributed by atoms with Gasteiger partial charge in [0.1, 0.15) is 11.6 Å². The molecule has 28 heavy (non-hydrogen) atoms. The Morgan fingerprint density at radius 1 is 1.25 bits per heavy atom. The second kappa shape index (κ2) is 7.77. The number of amides is 2. The van der Waals surface area contributed by atoms with Gasteiger partial charge in [-0.15, -0.1) is 11.3 Å². The average molecular weight is 397 g/mol. The molecule has 2 amide bonds. The molecule has 3 aromatic rings. The zero-order valence-electron chi connectivity index (χ0n) is 14.7. The molecule has 4 rings (SSSR count). The zero-order valence-corrected chi connectivity index (χ0v) is 15.5. The number of nitrogens with one attached hydrogen (secondary N) is 1. The third kappa shape index (κ3) is 3.86. The van der Waals surface area contributed by atoms with Gasteiger partial charge in [-0.1, -0.05) is 24.3 Å². The van der Waals surface area contributed by atoms with Crippen LogP contribution >= 0.6 is 11.3 Å². The highest BCUT2D eigenvalue weighted by Gasteiger charge is 2.25. The highest BCUT2D eigenvalue weighted by atomic mass is 32.1. The van der Waals surface area contributed by atoms with E-state index in [0.29, 0.717) is 27.8 Å². The first-order valence-corrected chi connectivity index (χ1v) is 9.51. The Morgan fingerprint density at radius 2 is 2.11 bits per heavy atom. The fraction of sp³-hybridized carbons (Fsp3) is 0.150. The maximum absolute atomic E-state index is 13.3. The summed E-state index contributed by atoms with van der Waals surface area (Å²) in [6, 6.07) is 13.3. The number of thiazole rings is 1. The summed E-state index contributed by atoms with van der Waals surface area (Å²) in [7, 11) is 0. The second-order valence-corrected chi connectivity index (χ2v) is 7.01. The van der Waals surface area contributed by atoms with Crippen molar-refractivity contribution < 1.29 is 18.7 Å². The van der Waals surface area contributed by atoms with Crippen molar-refractivity contribution >= 4 is 34.0 Å². The summed E-state index contributed by atoms with van der Waals surface area (Å²) in [5.74, 6) is -0.153. The van der Waals surface area contributed by atoms with Crippen LogP contribution in [0.2, 0.25) is 0 Å². The number of anilines is 2. The number of fused-ring (bicyclic) bond motifs is 1. The minimum absolute atomic E-state index is 0.0396. The Bertz CT molecular complexity index is 1040. The Balaban J connectivity index is 1.39. The molecule has 0 aliphatic carbocycles. The van der Waals surface area contributed by atoms with Crippen molar-refractivity contribution in [2.24, 2.45) is 0 Å². The lowest BCUT2D eigenvalue weighted by atomic mass is 10.2. The molecule has 0 unspecified atom stereocenters. The largest absolute Gasteiger partial charge is 0.482 e. The van der Waals surface area contributed by atoms with E-state index < -0.39 is 0 Å². The van der Waals surface area contributed by atoms with E-state index in [9.17, 15) is 14.0 Å². The van der Waals surface area contributed by atoms with Gasteiger partial charge in [0.2, 0.25) is 5.91 Å². The fourth-order valence-electron chi connectivity index (χ4n) is 2.91. The van der Waals surface area contributed by atoms with Crippen LogP contribution in [0.3, 0.4) is 0 Å². The van der Waals surface area contributed by atoms with E-state index in [-0.39, 0.29) is 37.2 Å². The summed E-state index contributed by atoms with van der Waals surface area (Å²) >= 11 is 1.26. The summed E-state index contributed by atoms with van der Waals surface area (Å²) in [5, 5.41) is 4.92. The van der Waals surface area contributed by atoms with Gasteiger partial charge in [0.05, 0.1) is 11.4 Å². The molecule has 8 heteroatoms. The number of carbonyl (C=O) groups excluding carboxylic acids is 2. The van der Waals surface area contributed by atoms with E-state index in [4.69, 9.17) is 4.74 Å². The highest BCUT2D eigenvalue weighted by molar-refractivity contribution is 7.14. The molecule has 1 N–H and O–H groups in total. The number of halogens is 1. The molecule has 1 aliphatic rings. The zero-order chi connectivity index (χ0) is 19.5. The lowest BCUT2D eigenvalue weighted by Gasteiger charge is -2.29. The minimum Gasteiger partial charge on any atom is -0.482 e. The highest BCUT2D eigenvalue weighted by Crippen LogP contribution is 2.31. The summed E-state index contributed by atoms with van der Waals surface area (Å²) in [6.45, 7) is 0.204. The van der Waals surface area contributed by atoms with Gasteiger partial charge in [0.25, 0.3) is 5.91 Å². The van der Waals surface area contributed by atoms with Gasteiger partial charge in [-0.25, -0.2) is 9.37 Å². The number of rotatable bonds is 5. The number of hydrogen-bond donors (Lipinski definition) is 1. The first kappa shape index (κ1) is 18.1. The van der Waals surface area contributed by atoms with Gasteiger partial charge in [-0.05, 0) is 24.3 Å². The lowest BCUT2D eigenvalue weighted by molar-refractivity contribution is -0.121. The summed E-state index contributed by atoms with van der Waals surface area (Å²) in [5.41, 5.74) is 1.90. The molecule has 1 aromatic heterocycles. The van der Waals surface area contributed by atoms with Crippen molar-refractivity contribution in [2.75, 3.05) is 23.4 Å².